The molecule has 0 aromatic heterocycles. The molecule has 0 saturated heterocycles. The number of hydrogen-bond acceptors (Lipinski definition) is 6. The quantitative estimate of drug-likeness (QED) is 0.469. The number of rotatable bonds is 10. The molecule has 1 amide bonds. The van der Waals surface area contributed by atoms with Crippen molar-refractivity contribution in [2.75, 3.05) is 14.2 Å². The zero-order chi connectivity index (χ0) is 21.6. The van der Waals surface area contributed by atoms with Crippen molar-refractivity contribution >= 4 is 17.5 Å². The van der Waals surface area contributed by atoms with Crippen LogP contribution in [-0.2, 0) is 4.79 Å². The highest BCUT2D eigenvalue weighted by molar-refractivity contribution is 6.19. The van der Waals surface area contributed by atoms with Gasteiger partial charge in [0.25, 0.3) is 0 Å². The Kier molecular flexibility index (Phi) is 7.50. The Labute approximate surface area is 170 Å². The number of benzene rings is 2. The van der Waals surface area contributed by atoms with Crippen LogP contribution in [0.25, 0.3) is 0 Å². The van der Waals surface area contributed by atoms with Crippen molar-refractivity contribution in [2.24, 2.45) is 11.7 Å². The molecular formula is C22H26N2O5. The fourth-order valence-corrected chi connectivity index (χ4v) is 2.98. The van der Waals surface area contributed by atoms with E-state index >= 15 is 0 Å². The van der Waals surface area contributed by atoms with Gasteiger partial charge < -0.3 is 15.2 Å². The van der Waals surface area contributed by atoms with E-state index in [1.54, 1.807) is 56.3 Å². The van der Waals surface area contributed by atoms with E-state index in [-0.39, 0.29) is 11.5 Å². The van der Waals surface area contributed by atoms with E-state index in [2.05, 4.69) is 5.32 Å². The summed E-state index contributed by atoms with van der Waals surface area (Å²) in [4.78, 5) is 38.3. The Morgan fingerprint density at radius 1 is 0.862 bits per heavy atom. The first-order valence-electron chi connectivity index (χ1n) is 9.21. The first-order valence-corrected chi connectivity index (χ1v) is 9.21. The van der Waals surface area contributed by atoms with Crippen LogP contribution in [0.1, 0.15) is 34.6 Å². The number of methoxy groups -OCH3 is 2. The number of nitrogens with one attached hydrogen (secondary N) is 1. The summed E-state index contributed by atoms with van der Waals surface area (Å²) >= 11 is 0. The van der Waals surface area contributed by atoms with Gasteiger partial charge in [-0.1, -0.05) is 44.2 Å². The molecule has 29 heavy (non-hydrogen) atoms. The molecule has 2 unspecified atom stereocenters. The third kappa shape index (κ3) is 5.20. The first kappa shape index (κ1) is 22.1. The van der Waals surface area contributed by atoms with Gasteiger partial charge >= 0.3 is 0 Å². The predicted octanol–water partition coefficient (Wildman–Crippen LogP) is 2.24. The number of primary amides is 1. The summed E-state index contributed by atoms with van der Waals surface area (Å²) in [6, 6.07) is 10.9. The number of carbonyl (C=O) groups excluding carboxylic acids is 3. The zero-order valence-electron chi connectivity index (χ0n) is 17.0. The molecule has 2 aromatic rings. The van der Waals surface area contributed by atoms with Crippen LogP contribution in [0.4, 0.5) is 0 Å². The van der Waals surface area contributed by atoms with Gasteiger partial charge in [0.2, 0.25) is 5.91 Å². The van der Waals surface area contributed by atoms with Crippen LogP contribution >= 0.6 is 0 Å². The molecule has 2 atom stereocenters. The maximum absolute atomic E-state index is 13.3. The summed E-state index contributed by atoms with van der Waals surface area (Å²) in [6.45, 7) is 3.57. The lowest BCUT2D eigenvalue weighted by Crippen LogP contribution is -2.55. The predicted molar refractivity (Wildman–Crippen MR) is 109 cm³/mol. The largest absolute Gasteiger partial charge is 0.493 e. The Balaban J connectivity index is 2.47. The van der Waals surface area contributed by atoms with Gasteiger partial charge in [0, 0.05) is 11.1 Å². The fourth-order valence-electron chi connectivity index (χ4n) is 2.98. The minimum atomic E-state index is -1.28. The van der Waals surface area contributed by atoms with E-state index in [1.165, 1.54) is 20.3 Å². The molecule has 0 heterocycles. The maximum Gasteiger partial charge on any atom is 0.234 e. The number of carbonyl (C=O) groups is 3. The second-order valence-corrected chi connectivity index (χ2v) is 6.89. The SMILES string of the molecule is COc1ccc(C(=O)C(NC(C(N)=O)C(C)C)C(=O)c2ccccc2)cc1OC. The van der Waals surface area contributed by atoms with Crippen molar-refractivity contribution in [3.63, 3.8) is 0 Å². The van der Waals surface area contributed by atoms with Crippen LogP contribution in [0.3, 0.4) is 0 Å². The normalized spacial score (nSPS) is 12.9. The Morgan fingerprint density at radius 2 is 1.45 bits per heavy atom. The monoisotopic (exact) mass is 398 g/mol. The molecule has 0 aliphatic carbocycles. The Hall–Kier alpha value is -3.19. The summed E-state index contributed by atoms with van der Waals surface area (Å²) in [5.41, 5.74) is 6.09. The average Bonchev–Trinajstić information content (AvgIpc) is 2.73. The smallest absolute Gasteiger partial charge is 0.234 e. The molecule has 0 fully saturated rings. The van der Waals surface area contributed by atoms with Crippen LogP contribution in [0, 0.1) is 5.92 Å². The van der Waals surface area contributed by atoms with Gasteiger partial charge in [0.1, 0.15) is 6.04 Å². The first-order chi connectivity index (χ1) is 13.8. The summed E-state index contributed by atoms with van der Waals surface area (Å²) in [5, 5.41) is 2.87. The summed E-state index contributed by atoms with van der Waals surface area (Å²) < 4.78 is 10.4. The van der Waals surface area contributed by atoms with Gasteiger partial charge in [-0.2, -0.15) is 0 Å². The number of ether oxygens (including phenoxy) is 2. The van der Waals surface area contributed by atoms with Gasteiger partial charge in [-0.05, 0) is 24.1 Å². The second kappa shape index (κ2) is 9.84. The van der Waals surface area contributed by atoms with Crippen LogP contribution < -0.4 is 20.5 Å². The van der Waals surface area contributed by atoms with Gasteiger partial charge in [-0.25, -0.2) is 0 Å². The number of hydrogen-bond donors (Lipinski definition) is 2. The molecule has 0 radical (unpaired) electrons. The van der Waals surface area contributed by atoms with Gasteiger partial charge in [0.15, 0.2) is 23.1 Å². The molecule has 154 valence electrons. The molecule has 3 N–H and O–H groups in total. The maximum atomic E-state index is 13.3. The van der Waals surface area contributed by atoms with E-state index in [4.69, 9.17) is 15.2 Å². The molecule has 7 nitrogen and oxygen atoms in total. The third-order valence-electron chi connectivity index (χ3n) is 4.57. The molecule has 2 rings (SSSR count). The van der Waals surface area contributed by atoms with E-state index in [0.717, 1.165) is 0 Å². The van der Waals surface area contributed by atoms with Crippen molar-refractivity contribution < 1.29 is 23.9 Å². The number of ketones is 2. The summed E-state index contributed by atoms with van der Waals surface area (Å²) in [7, 11) is 2.95. The highest BCUT2D eigenvalue weighted by atomic mass is 16.5. The topological polar surface area (TPSA) is 108 Å². The van der Waals surface area contributed by atoms with E-state index in [0.29, 0.717) is 17.1 Å². The highest BCUT2D eigenvalue weighted by Crippen LogP contribution is 2.28. The van der Waals surface area contributed by atoms with Crippen LogP contribution in [0.5, 0.6) is 11.5 Å². The zero-order valence-corrected chi connectivity index (χ0v) is 17.0. The molecular weight excluding hydrogens is 372 g/mol. The summed E-state index contributed by atoms with van der Waals surface area (Å²) in [6.07, 6.45) is 0. The van der Waals surface area contributed by atoms with Crippen LogP contribution in [0.2, 0.25) is 0 Å². The molecule has 2 aromatic carbocycles. The molecule has 7 heteroatoms. The molecule has 0 saturated carbocycles. The highest BCUT2D eigenvalue weighted by Gasteiger charge is 2.33. The lowest BCUT2D eigenvalue weighted by atomic mass is 9.93. The standard InChI is InChI=1S/C22H26N2O5/c1-13(2)18(22(23)27)24-19(20(25)14-8-6-5-7-9-14)21(26)15-10-11-16(28-3)17(12-15)29-4/h5-13,18-19,24H,1-4H3,(H2,23,27). The molecule has 0 bridgehead atoms. The van der Waals surface area contributed by atoms with Crippen molar-refractivity contribution in [2.45, 2.75) is 25.9 Å². The van der Waals surface area contributed by atoms with Crippen molar-refractivity contribution in [1.29, 1.82) is 0 Å². The van der Waals surface area contributed by atoms with Crippen LogP contribution in [0.15, 0.2) is 48.5 Å². The van der Waals surface area contributed by atoms with Crippen molar-refractivity contribution in [3.8, 4) is 11.5 Å². The van der Waals surface area contributed by atoms with Crippen LogP contribution in [-0.4, -0.2) is 43.8 Å². The Bertz CT molecular complexity index is 880. The number of amides is 1. The van der Waals surface area contributed by atoms with Gasteiger partial charge in [0.05, 0.1) is 20.3 Å². The lowest BCUT2D eigenvalue weighted by molar-refractivity contribution is -0.121. The number of Topliss-reactive ketones (excluding diaryl/α,β-unsaturated/α-hetero) is 2. The lowest BCUT2D eigenvalue weighted by Gasteiger charge is -2.25. The number of nitrogens with two attached hydrogens (primary N) is 1. The Morgan fingerprint density at radius 3 is 1.97 bits per heavy atom. The average molecular weight is 398 g/mol. The van der Waals surface area contributed by atoms with Gasteiger partial charge in [-0.3, -0.25) is 19.7 Å². The minimum Gasteiger partial charge on any atom is -0.493 e. The van der Waals surface area contributed by atoms with E-state index < -0.39 is 29.6 Å². The fraction of sp³-hybridized carbons (Fsp3) is 0.318. The van der Waals surface area contributed by atoms with E-state index in [1.807, 2.05) is 0 Å². The van der Waals surface area contributed by atoms with Crippen molar-refractivity contribution in [3.05, 3.63) is 59.7 Å². The van der Waals surface area contributed by atoms with Gasteiger partial charge in [-0.15, -0.1) is 0 Å². The third-order valence-corrected chi connectivity index (χ3v) is 4.57. The van der Waals surface area contributed by atoms with Crippen molar-refractivity contribution in [1.82, 2.24) is 5.32 Å². The second-order valence-electron chi connectivity index (χ2n) is 6.89. The summed E-state index contributed by atoms with van der Waals surface area (Å²) in [5.74, 6) is -0.966. The minimum absolute atomic E-state index is 0.211. The molecule has 0 spiro atoms. The molecule has 0 aliphatic heterocycles. The molecule has 0 aliphatic rings. The van der Waals surface area contributed by atoms with E-state index in [9.17, 15) is 14.4 Å².